The minimum absolute atomic E-state index is 0. The van der Waals surface area contributed by atoms with Crippen molar-refractivity contribution in [2.75, 3.05) is 31.1 Å². The van der Waals surface area contributed by atoms with E-state index in [4.69, 9.17) is 23.2 Å². The molecule has 3 heterocycles. The Hall–Kier alpha value is -2.19. The van der Waals surface area contributed by atoms with Crippen LogP contribution in [0.5, 0.6) is 0 Å². The Bertz CT molecular complexity index is 1110. The molecule has 1 N–H and O–H groups in total. The van der Waals surface area contributed by atoms with E-state index in [0.29, 0.717) is 40.1 Å². The second-order valence-corrected chi connectivity index (χ2v) is 9.08. The monoisotopic (exact) mass is 508 g/mol. The number of nitrogens with zero attached hydrogens (tertiary/aromatic N) is 5. The zero-order chi connectivity index (χ0) is 22.8. The predicted octanol–water partition coefficient (Wildman–Crippen LogP) is 5.00. The second kappa shape index (κ2) is 10.8. The molecule has 1 fully saturated rings. The predicted molar refractivity (Wildman–Crippen MR) is 135 cm³/mol. The number of H-pyrrole nitrogens is 1. The number of piperazine rings is 1. The van der Waals surface area contributed by atoms with Crippen LogP contribution in [0.1, 0.15) is 35.1 Å². The van der Waals surface area contributed by atoms with Crippen LogP contribution in [0.3, 0.4) is 0 Å². The van der Waals surface area contributed by atoms with Gasteiger partial charge in [0.2, 0.25) is 0 Å². The summed E-state index contributed by atoms with van der Waals surface area (Å²) >= 11 is 12.4. The molecule has 0 spiro atoms. The van der Waals surface area contributed by atoms with Gasteiger partial charge in [-0.25, -0.2) is 9.97 Å². The molecule has 1 aromatic carbocycles. The number of benzene rings is 1. The van der Waals surface area contributed by atoms with Crippen molar-refractivity contribution in [1.82, 2.24) is 25.1 Å². The minimum Gasteiger partial charge on any atom is -0.365 e. The molecule has 1 aliphatic rings. The van der Waals surface area contributed by atoms with E-state index in [2.05, 4.69) is 36.9 Å². The number of aryl methyl sites for hydroxylation is 2. The number of ketones is 1. The van der Waals surface area contributed by atoms with Gasteiger partial charge in [-0.05, 0) is 45.0 Å². The van der Waals surface area contributed by atoms with Gasteiger partial charge in [-0.2, -0.15) is 5.10 Å². The smallest absolute Gasteiger partial charge is 0.181 e. The van der Waals surface area contributed by atoms with Gasteiger partial charge >= 0.3 is 0 Å². The zero-order valence-electron chi connectivity index (χ0n) is 18.8. The molecule has 0 amide bonds. The number of carbonyl (C=O) groups is 1. The van der Waals surface area contributed by atoms with E-state index in [9.17, 15) is 4.79 Å². The van der Waals surface area contributed by atoms with E-state index in [0.717, 1.165) is 36.7 Å². The maximum Gasteiger partial charge on any atom is 0.181 e. The molecule has 7 nitrogen and oxygen atoms in total. The first-order chi connectivity index (χ1) is 15.3. The third-order valence-electron chi connectivity index (χ3n) is 5.72. The molecule has 176 valence electrons. The third-order valence-corrected chi connectivity index (χ3v) is 6.26. The van der Waals surface area contributed by atoms with E-state index in [-0.39, 0.29) is 24.2 Å². The summed E-state index contributed by atoms with van der Waals surface area (Å²) in [6.45, 7) is 9.21. The van der Waals surface area contributed by atoms with Gasteiger partial charge in [0, 0.05) is 61.2 Å². The normalized spacial score (nSPS) is 16.5. The minimum atomic E-state index is 0. The lowest BCUT2D eigenvalue weighted by Crippen LogP contribution is -2.52. The van der Waals surface area contributed by atoms with E-state index in [1.54, 1.807) is 12.3 Å². The Balaban J connectivity index is 0.00000306. The highest BCUT2D eigenvalue weighted by molar-refractivity contribution is 6.36. The Morgan fingerprint density at radius 2 is 1.88 bits per heavy atom. The first kappa shape index (κ1) is 25.4. The summed E-state index contributed by atoms with van der Waals surface area (Å²) in [6, 6.07) is 7.78. The fourth-order valence-electron chi connectivity index (χ4n) is 4.21. The van der Waals surface area contributed by atoms with Gasteiger partial charge in [-0.3, -0.25) is 14.8 Å². The number of nitrogens with one attached hydrogen (secondary N) is 1. The molecule has 0 aliphatic carbocycles. The first-order valence-electron chi connectivity index (χ1n) is 10.7. The highest BCUT2D eigenvalue weighted by atomic mass is 35.5. The molecular formula is C23H27Cl3N6O. The third kappa shape index (κ3) is 5.84. The standard InChI is InChI=1S/C23H26Cl2N6O.ClH/c1-14-10-15(2)28-23(27-14)22-18(12-26-29-22)21(32)6-7-30-8-9-31(16(3)13-30)20-5-4-17(24)11-19(20)25;/h4-5,10-12,16H,6-9,13H2,1-3H3,(H,26,29);1H. The molecule has 2 aromatic heterocycles. The quantitative estimate of drug-likeness (QED) is 0.471. The van der Waals surface area contributed by atoms with Crippen molar-refractivity contribution < 1.29 is 4.79 Å². The average Bonchev–Trinajstić information content (AvgIpc) is 3.22. The van der Waals surface area contributed by atoms with Crippen LogP contribution < -0.4 is 4.90 Å². The molecule has 3 aromatic rings. The number of aromatic nitrogens is 4. The maximum absolute atomic E-state index is 13.0. The van der Waals surface area contributed by atoms with Crippen molar-refractivity contribution in [1.29, 1.82) is 0 Å². The zero-order valence-corrected chi connectivity index (χ0v) is 21.1. The SMILES string of the molecule is Cc1cc(C)nc(-c2n[nH]cc2C(=O)CCN2CCN(c3ccc(Cl)cc3Cl)C(C)C2)n1.Cl. The van der Waals surface area contributed by atoms with Crippen LogP contribution in [0.2, 0.25) is 10.0 Å². The lowest BCUT2D eigenvalue weighted by Gasteiger charge is -2.41. The summed E-state index contributed by atoms with van der Waals surface area (Å²) < 4.78 is 0. The Labute approximate surface area is 209 Å². The summed E-state index contributed by atoms with van der Waals surface area (Å²) in [5.74, 6) is 0.515. The fraction of sp³-hybridized carbons (Fsp3) is 0.391. The molecule has 4 rings (SSSR count). The molecular weight excluding hydrogens is 483 g/mol. The van der Waals surface area contributed by atoms with Crippen molar-refractivity contribution in [3.63, 3.8) is 0 Å². The number of hydrogen-bond donors (Lipinski definition) is 1. The van der Waals surface area contributed by atoms with Gasteiger partial charge in [-0.15, -0.1) is 12.4 Å². The lowest BCUT2D eigenvalue weighted by molar-refractivity contribution is 0.0959. The number of Topliss-reactive ketones (excluding diaryl/α,β-unsaturated/α-hetero) is 1. The highest BCUT2D eigenvalue weighted by Crippen LogP contribution is 2.31. The van der Waals surface area contributed by atoms with Crippen molar-refractivity contribution in [3.8, 4) is 11.5 Å². The number of aromatic amines is 1. The van der Waals surface area contributed by atoms with Gasteiger partial charge in [0.15, 0.2) is 11.6 Å². The van der Waals surface area contributed by atoms with Crippen LogP contribution in [-0.2, 0) is 0 Å². The van der Waals surface area contributed by atoms with Crippen molar-refractivity contribution >= 4 is 47.1 Å². The highest BCUT2D eigenvalue weighted by Gasteiger charge is 2.26. The van der Waals surface area contributed by atoms with Crippen LogP contribution >= 0.6 is 35.6 Å². The number of anilines is 1. The summed E-state index contributed by atoms with van der Waals surface area (Å²) in [5.41, 5.74) is 3.74. The fourth-order valence-corrected chi connectivity index (χ4v) is 4.72. The second-order valence-electron chi connectivity index (χ2n) is 8.23. The van der Waals surface area contributed by atoms with Gasteiger partial charge in [-0.1, -0.05) is 23.2 Å². The molecule has 1 atom stereocenters. The Morgan fingerprint density at radius 1 is 1.15 bits per heavy atom. The van der Waals surface area contributed by atoms with Gasteiger partial charge in [0.1, 0.15) is 5.69 Å². The van der Waals surface area contributed by atoms with Crippen LogP contribution in [0, 0.1) is 13.8 Å². The number of rotatable bonds is 6. The Morgan fingerprint density at radius 3 is 2.55 bits per heavy atom. The summed E-state index contributed by atoms with van der Waals surface area (Å²) in [7, 11) is 0. The van der Waals surface area contributed by atoms with Gasteiger partial charge in [0.05, 0.1) is 16.3 Å². The number of halogens is 3. The van der Waals surface area contributed by atoms with Crippen molar-refractivity contribution in [3.05, 3.63) is 57.5 Å². The molecule has 1 saturated heterocycles. The van der Waals surface area contributed by atoms with Gasteiger partial charge < -0.3 is 4.90 Å². The van der Waals surface area contributed by atoms with Crippen LogP contribution in [-0.4, -0.2) is 63.1 Å². The summed E-state index contributed by atoms with van der Waals surface area (Å²) in [6.07, 6.45) is 2.05. The summed E-state index contributed by atoms with van der Waals surface area (Å²) in [5, 5.41) is 8.34. The first-order valence-corrected chi connectivity index (χ1v) is 11.4. The van der Waals surface area contributed by atoms with E-state index < -0.39 is 0 Å². The largest absolute Gasteiger partial charge is 0.365 e. The average molecular weight is 510 g/mol. The van der Waals surface area contributed by atoms with Crippen LogP contribution in [0.25, 0.3) is 11.5 Å². The summed E-state index contributed by atoms with van der Waals surface area (Å²) in [4.78, 5) is 26.5. The maximum atomic E-state index is 13.0. The van der Waals surface area contributed by atoms with Crippen LogP contribution in [0.4, 0.5) is 5.69 Å². The van der Waals surface area contributed by atoms with E-state index in [1.807, 2.05) is 32.0 Å². The molecule has 0 radical (unpaired) electrons. The Kier molecular flexibility index (Phi) is 8.34. The van der Waals surface area contributed by atoms with Crippen LogP contribution in [0.15, 0.2) is 30.5 Å². The van der Waals surface area contributed by atoms with Crippen molar-refractivity contribution in [2.24, 2.45) is 0 Å². The molecule has 0 saturated carbocycles. The van der Waals surface area contributed by atoms with E-state index >= 15 is 0 Å². The van der Waals surface area contributed by atoms with E-state index in [1.165, 1.54) is 0 Å². The molecule has 0 bridgehead atoms. The lowest BCUT2D eigenvalue weighted by atomic mass is 10.1. The molecule has 1 unspecified atom stereocenters. The topological polar surface area (TPSA) is 78.0 Å². The molecule has 10 heteroatoms. The molecule has 1 aliphatic heterocycles. The number of carbonyl (C=O) groups excluding carboxylic acids is 1. The molecule has 33 heavy (non-hydrogen) atoms. The van der Waals surface area contributed by atoms with Gasteiger partial charge in [0.25, 0.3) is 0 Å². The van der Waals surface area contributed by atoms with Crippen molar-refractivity contribution in [2.45, 2.75) is 33.2 Å². The number of hydrogen-bond acceptors (Lipinski definition) is 6.